The van der Waals surface area contributed by atoms with Gasteiger partial charge in [-0.25, -0.2) is 0 Å². The van der Waals surface area contributed by atoms with E-state index >= 15 is 0 Å². The van der Waals surface area contributed by atoms with Gasteiger partial charge in [0.1, 0.15) is 0 Å². The maximum absolute atomic E-state index is 12.3. The fourth-order valence-corrected chi connectivity index (χ4v) is 1.13. The van der Waals surface area contributed by atoms with Crippen molar-refractivity contribution in [3.8, 4) is 0 Å². The van der Waals surface area contributed by atoms with Gasteiger partial charge < -0.3 is 0 Å². The lowest BCUT2D eigenvalue weighted by atomic mass is 10.1. The van der Waals surface area contributed by atoms with Crippen molar-refractivity contribution in [3.63, 3.8) is 0 Å². The molecular formula is C7H5F6N3. The first kappa shape index (κ1) is 12.7. The van der Waals surface area contributed by atoms with Gasteiger partial charge in [-0.2, -0.15) is 0 Å². The molecule has 9 heteroatoms. The number of benzene rings is 1. The lowest BCUT2D eigenvalue weighted by molar-refractivity contribution is -0.487. The van der Waals surface area contributed by atoms with Crippen LogP contribution in [0.1, 0.15) is 5.56 Å². The van der Waals surface area contributed by atoms with Crippen LogP contribution in [0.5, 0.6) is 0 Å². The Hall–Kier alpha value is -1.32. The van der Waals surface area contributed by atoms with Crippen molar-refractivity contribution in [2.75, 3.05) is 0 Å². The highest BCUT2D eigenvalue weighted by Gasteiger charge is 2.57. The number of rotatable bonds is 4. The second kappa shape index (κ2) is 4.68. The topological polar surface area (TPSA) is 9.72 Å². The van der Waals surface area contributed by atoms with Gasteiger partial charge in [-0.1, -0.05) is 57.2 Å². The van der Waals surface area contributed by atoms with Crippen molar-refractivity contribution in [2.45, 2.75) is 5.79 Å². The minimum Gasteiger partial charge on any atom is -0.0973 e. The summed E-state index contributed by atoms with van der Waals surface area (Å²) in [5, 5.41) is -6.83. The van der Waals surface area contributed by atoms with Gasteiger partial charge in [0.2, 0.25) is 0 Å². The average molecular weight is 245 g/mol. The number of halogens is 6. The average Bonchev–Trinajstić information content (AvgIpc) is 2.18. The molecule has 0 unspecified atom stereocenters. The molecule has 0 bridgehead atoms. The van der Waals surface area contributed by atoms with Crippen LogP contribution in [0.25, 0.3) is 0 Å². The molecule has 0 spiro atoms. The fourth-order valence-electron chi connectivity index (χ4n) is 1.13. The minimum atomic E-state index is -4.21. The third-order valence-electron chi connectivity index (χ3n) is 1.87. The Bertz CT molecular complexity index is 308. The van der Waals surface area contributed by atoms with Crippen LogP contribution in [0, 0.1) is 0 Å². The van der Waals surface area contributed by atoms with Gasteiger partial charge >= 0.3 is 5.79 Å². The highest BCUT2D eigenvalue weighted by atomic mass is 19.4. The van der Waals surface area contributed by atoms with E-state index in [1.54, 1.807) is 0 Å². The van der Waals surface area contributed by atoms with Crippen molar-refractivity contribution in [1.29, 1.82) is 0 Å². The van der Waals surface area contributed by atoms with Crippen molar-refractivity contribution in [2.24, 2.45) is 0 Å². The molecule has 3 nitrogen and oxygen atoms in total. The molecule has 16 heavy (non-hydrogen) atoms. The Kier molecular flexibility index (Phi) is 3.73. The molecule has 1 rings (SSSR count). The molecular weight excluding hydrogens is 240 g/mol. The van der Waals surface area contributed by atoms with E-state index in [1.165, 1.54) is 6.07 Å². The van der Waals surface area contributed by atoms with Crippen LogP contribution in [0.3, 0.4) is 0 Å². The largest absolute Gasteiger partial charge is 0.330 e. The van der Waals surface area contributed by atoms with Crippen LogP contribution in [0.15, 0.2) is 30.3 Å². The summed E-state index contributed by atoms with van der Waals surface area (Å²) in [5.41, 5.74) is -0.977. The molecule has 1 aromatic carbocycles. The van der Waals surface area contributed by atoms with Gasteiger partial charge in [-0.15, -0.1) is 0 Å². The van der Waals surface area contributed by atoms with Crippen molar-refractivity contribution < 1.29 is 26.9 Å². The van der Waals surface area contributed by atoms with Gasteiger partial charge in [0.05, 0.1) is 16.0 Å². The summed E-state index contributed by atoms with van der Waals surface area (Å²) in [5.74, 6) is -4.21. The first-order valence-corrected chi connectivity index (χ1v) is 3.85. The monoisotopic (exact) mass is 245 g/mol. The van der Waals surface area contributed by atoms with Crippen LogP contribution in [0.4, 0.5) is 26.9 Å². The molecule has 0 radical (unpaired) electrons. The Morgan fingerprint density at radius 2 is 1.06 bits per heavy atom. The van der Waals surface area contributed by atoms with Crippen LogP contribution < -0.4 is 0 Å². The van der Waals surface area contributed by atoms with E-state index in [0.29, 0.717) is 0 Å². The Morgan fingerprint density at radius 1 is 0.688 bits per heavy atom. The lowest BCUT2D eigenvalue weighted by Gasteiger charge is -2.31. The molecule has 90 valence electrons. The molecule has 0 atom stereocenters. The summed E-state index contributed by atoms with van der Waals surface area (Å²) in [6, 6.07) is 4.94. The van der Waals surface area contributed by atoms with E-state index < -0.39 is 27.4 Å². The minimum absolute atomic E-state index is 0.727. The third kappa shape index (κ3) is 1.84. The second-order valence-electron chi connectivity index (χ2n) is 2.70. The molecule has 0 saturated heterocycles. The molecule has 0 saturated carbocycles. The van der Waals surface area contributed by atoms with Crippen molar-refractivity contribution >= 4 is 0 Å². The molecule has 0 aliphatic carbocycles. The van der Waals surface area contributed by atoms with E-state index in [0.717, 1.165) is 24.3 Å². The standard InChI is InChI=1S/C7H5F6N3/c8-14(9)7(15(10)11,16(12)13)6-4-2-1-3-5-6/h1-5H. The van der Waals surface area contributed by atoms with Crippen molar-refractivity contribution in [1.82, 2.24) is 16.0 Å². The summed E-state index contributed by atoms with van der Waals surface area (Å²) in [6.45, 7) is 0. The zero-order valence-electron chi connectivity index (χ0n) is 7.50. The summed E-state index contributed by atoms with van der Waals surface area (Å²) in [6.07, 6.45) is 0. The molecule has 0 aliphatic rings. The summed E-state index contributed by atoms with van der Waals surface area (Å²) in [7, 11) is 0. The molecule has 1 aromatic rings. The highest BCUT2D eigenvalue weighted by Crippen LogP contribution is 2.38. The Morgan fingerprint density at radius 3 is 1.38 bits per heavy atom. The van der Waals surface area contributed by atoms with Crippen molar-refractivity contribution in [3.05, 3.63) is 35.9 Å². The Labute approximate surface area is 85.7 Å². The van der Waals surface area contributed by atoms with Gasteiger partial charge in [0.15, 0.2) is 0 Å². The smallest absolute Gasteiger partial charge is 0.0973 e. The summed E-state index contributed by atoms with van der Waals surface area (Å²) < 4.78 is 74.0. The quantitative estimate of drug-likeness (QED) is 0.458. The van der Waals surface area contributed by atoms with E-state index in [4.69, 9.17) is 0 Å². The maximum atomic E-state index is 12.3. The fraction of sp³-hybridized carbons (Fsp3) is 0.143. The normalized spacial score (nSPS) is 12.8. The lowest BCUT2D eigenvalue weighted by Crippen LogP contribution is -2.53. The maximum Gasteiger partial charge on any atom is 0.330 e. The Balaban J connectivity index is 3.34. The zero-order chi connectivity index (χ0) is 12.3. The molecule has 0 heterocycles. The van der Waals surface area contributed by atoms with Crippen LogP contribution >= 0.6 is 0 Å². The first-order valence-electron chi connectivity index (χ1n) is 3.85. The SMILES string of the molecule is FN(F)C(c1ccccc1)(N(F)F)N(F)F. The summed E-state index contributed by atoms with van der Waals surface area (Å²) in [4.78, 5) is 0. The van der Waals surface area contributed by atoms with E-state index in [2.05, 4.69) is 0 Å². The van der Waals surface area contributed by atoms with Crippen LogP contribution in [0.2, 0.25) is 0 Å². The predicted molar refractivity (Wildman–Crippen MR) is 40.3 cm³/mol. The molecule has 0 fully saturated rings. The van der Waals surface area contributed by atoms with Crippen LogP contribution in [-0.2, 0) is 5.79 Å². The zero-order valence-corrected chi connectivity index (χ0v) is 7.50. The summed E-state index contributed by atoms with van der Waals surface area (Å²) >= 11 is 0. The molecule has 0 N–H and O–H groups in total. The van der Waals surface area contributed by atoms with E-state index in [-0.39, 0.29) is 0 Å². The molecule has 0 aliphatic heterocycles. The second-order valence-corrected chi connectivity index (χ2v) is 2.70. The van der Waals surface area contributed by atoms with E-state index in [9.17, 15) is 26.9 Å². The van der Waals surface area contributed by atoms with Gasteiger partial charge in [-0.05, 0) is 0 Å². The van der Waals surface area contributed by atoms with Crippen LogP contribution in [-0.4, -0.2) is 16.0 Å². The first-order chi connectivity index (χ1) is 7.44. The number of hydrogen-bond acceptors (Lipinski definition) is 3. The van der Waals surface area contributed by atoms with Gasteiger partial charge in [0, 0.05) is 5.56 Å². The van der Waals surface area contributed by atoms with Gasteiger partial charge in [-0.3, -0.25) is 0 Å². The number of hydrogen-bond donors (Lipinski definition) is 0. The predicted octanol–water partition coefficient (Wildman–Crippen LogP) is 3.01. The third-order valence-corrected chi connectivity index (χ3v) is 1.87. The number of nitrogens with zero attached hydrogens (tertiary/aromatic N) is 3. The molecule has 0 amide bonds. The van der Waals surface area contributed by atoms with Gasteiger partial charge in [0.25, 0.3) is 0 Å². The van der Waals surface area contributed by atoms with E-state index in [1.807, 2.05) is 0 Å². The highest BCUT2D eigenvalue weighted by molar-refractivity contribution is 5.21. The molecule has 0 aromatic heterocycles.